The van der Waals surface area contributed by atoms with E-state index in [0.29, 0.717) is 0 Å². The summed E-state index contributed by atoms with van der Waals surface area (Å²) < 4.78 is 0. The second-order valence-corrected chi connectivity index (χ2v) is 9.54. The van der Waals surface area contributed by atoms with Crippen LogP contribution >= 0.6 is 0 Å². The van der Waals surface area contributed by atoms with Crippen LogP contribution in [0.3, 0.4) is 0 Å². The molecule has 0 nitrogen and oxygen atoms in total. The molecule has 3 fully saturated rings. The first kappa shape index (κ1) is 21.4. The summed E-state index contributed by atoms with van der Waals surface area (Å²) in [6.07, 6.45) is 22.7. The minimum atomic E-state index is 0. The summed E-state index contributed by atoms with van der Waals surface area (Å²) >= 11 is 0. The van der Waals surface area contributed by atoms with Gasteiger partial charge < -0.3 is 6.92 Å². The zero-order valence-corrected chi connectivity index (χ0v) is 19.2. The molecule has 0 heterocycles. The SMILES string of the molecule is [CH2-]C1CCC(CC2CCC(CC3CCC(CC)CC3)CC2)CC1.[Y+3]. The van der Waals surface area contributed by atoms with Crippen LogP contribution in [0.1, 0.15) is 103 Å². The summed E-state index contributed by atoms with van der Waals surface area (Å²) in [7, 11) is 0. The number of rotatable bonds is 5. The first-order valence-corrected chi connectivity index (χ1v) is 11.1. The molecule has 1 heteroatoms. The van der Waals surface area contributed by atoms with Gasteiger partial charge in [0.15, 0.2) is 0 Å². The molecule has 0 atom stereocenters. The second-order valence-electron chi connectivity index (χ2n) is 9.54. The molecule has 3 aliphatic rings. The molecule has 0 aromatic carbocycles. The molecule has 0 aromatic rings. The van der Waals surface area contributed by atoms with Crippen molar-refractivity contribution in [2.24, 2.45) is 35.5 Å². The minimum Gasteiger partial charge on any atom is -0.340 e. The van der Waals surface area contributed by atoms with E-state index in [1.165, 1.54) is 44.9 Å². The molecule has 134 valence electrons. The van der Waals surface area contributed by atoms with Crippen molar-refractivity contribution in [1.82, 2.24) is 0 Å². The van der Waals surface area contributed by atoms with Crippen LogP contribution in [0.4, 0.5) is 0 Å². The molecule has 0 unspecified atom stereocenters. The Bertz CT molecular complexity index is 315. The smallest absolute Gasteiger partial charge is 0.340 e. The van der Waals surface area contributed by atoms with Crippen molar-refractivity contribution >= 4 is 0 Å². The van der Waals surface area contributed by atoms with Gasteiger partial charge in [-0.3, -0.25) is 0 Å². The van der Waals surface area contributed by atoms with E-state index in [-0.39, 0.29) is 32.7 Å². The molecular formula is C23H41Y+2. The van der Waals surface area contributed by atoms with E-state index in [0.717, 1.165) is 35.5 Å². The molecule has 0 spiro atoms. The first-order chi connectivity index (χ1) is 11.2. The molecule has 0 radical (unpaired) electrons. The van der Waals surface area contributed by atoms with Crippen LogP contribution in [-0.2, 0) is 32.7 Å². The van der Waals surface area contributed by atoms with E-state index < -0.39 is 0 Å². The second kappa shape index (κ2) is 11.1. The van der Waals surface area contributed by atoms with Crippen LogP contribution in [-0.4, -0.2) is 0 Å². The fraction of sp³-hybridized carbons (Fsp3) is 0.957. The monoisotopic (exact) mass is 406 g/mol. The predicted molar refractivity (Wildman–Crippen MR) is 101 cm³/mol. The van der Waals surface area contributed by atoms with E-state index in [1.54, 1.807) is 51.4 Å². The van der Waals surface area contributed by atoms with Crippen molar-refractivity contribution < 1.29 is 32.7 Å². The third kappa shape index (κ3) is 6.68. The maximum absolute atomic E-state index is 4.25. The quantitative estimate of drug-likeness (QED) is 0.417. The fourth-order valence-electron chi connectivity index (χ4n) is 5.99. The van der Waals surface area contributed by atoms with E-state index in [9.17, 15) is 0 Å². The van der Waals surface area contributed by atoms with E-state index >= 15 is 0 Å². The maximum atomic E-state index is 4.25. The molecule has 0 amide bonds. The molecule has 0 aromatic heterocycles. The standard InChI is InChI=1S/C23H41.Y/c1-3-19-8-10-21(11-9-19)17-23-14-12-22(13-15-23)16-20-6-4-18(2)5-7-20;/h18-23H,2-17H2,1H3;/q-1;+3. The number of hydrogen-bond acceptors (Lipinski definition) is 0. The molecule has 3 saturated carbocycles. The van der Waals surface area contributed by atoms with E-state index in [4.69, 9.17) is 0 Å². The molecule has 3 aliphatic carbocycles. The van der Waals surface area contributed by atoms with Gasteiger partial charge in [-0.1, -0.05) is 90.4 Å². The van der Waals surface area contributed by atoms with Gasteiger partial charge in [0, 0.05) is 0 Å². The molecule has 24 heavy (non-hydrogen) atoms. The molecule has 0 saturated heterocycles. The fourth-order valence-corrected chi connectivity index (χ4v) is 5.99. The summed E-state index contributed by atoms with van der Waals surface area (Å²) in [4.78, 5) is 0. The van der Waals surface area contributed by atoms with Gasteiger partial charge in [-0.25, -0.2) is 0 Å². The van der Waals surface area contributed by atoms with Gasteiger partial charge in [-0.2, -0.15) is 5.92 Å². The Kier molecular flexibility index (Phi) is 9.87. The van der Waals surface area contributed by atoms with Crippen molar-refractivity contribution in [3.63, 3.8) is 0 Å². The Morgan fingerprint density at radius 3 is 1.17 bits per heavy atom. The van der Waals surface area contributed by atoms with Crippen molar-refractivity contribution in [2.45, 2.75) is 103 Å². The third-order valence-electron chi connectivity index (χ3n) is 7.81. The van der Waals surface area contributed by atoms with E-state index in [2.05, 4.69) is 13.8 Å². The molecular weight excluding hydrogens is 365 g/mol. The Labute approximate surface area is 177 Å². The zero-order valence-electron chi connectivity index (χ0n) is 16.4. The van der Waals surface area contributed by atoms with Crippen LogP contribution in [0, 0.1) is 42.4 Å². The van der Waals surface area contributed by atoms with Crippen LogP contribution < -0.4 is 0 Å². The Hall–Kier alpha value is 1.10. The molecule has 3 rings (SSSR count). The van der Waals surface area contributed by atoms with Gasteiger partial charge in [-0.15, -0.1) is 0 Å². The van der Waals surface area contributed by atoms with Gasteiger partial charge in [0.05, 0.1) is 0 Å². The predicted octanol–water partition coefficient (Wildman–Crippen LogP) is 7.43. The summed E-state index contributed by atoms with van der Waals surface area (Å²) in [5.74, 6) is 6.14. The van der Waals surface area contributed by atoms with Crippen molar-refractivity contribution in [1.29, 1.82) is 0 Å². The van der Waals surface area contributed by atoms with Gasteiger partial charge >= 0.3 is 32.7 Å². The van der Waals surface area contributed by atoms with Crippen molar-refractivity contribution in [3.8, 4) is 0 Å². The Balaban J connectivity index is 0.00000208. The summed E-state index contributed by atoms with van der Waals surface area (Å²) in [5.41, 5.74) is 0. The number of hydrogen-bond donors (Lipinski definition) is 0. The summed E-state index contributed by atoms with van der Waals surface area (Å²) in [6, 6.07) is 0. The van der Waals surface area contributed by atoms with Crippen LogP contribution in [0.25, 0.3) is 0 Å². The van der Waals surface area contributed by atoms with E-state index in [1.807, 2.05) is 0 Å². The van der Waals surface area contributed by atoms with Gasteiger partial charge in [0.1, 0.15) is 0 Å². The average Bonchev–Trinajstić information content (AvgIpc) is 2.59. The topological polar surface area (TPSA) is 0 Å². The Morgan fingerprint density at radius 1 is 0.542 bits per heavy atom. The zero-order chi connectivity index (χ0) is 16.1. The van der Waals surface area contributed by atoms with Gasteiger partial charge in [0.2, 0.25) is 0 Å². The average molecular weight is 406 g/mol. The van der Waals surface area contributed by atoms with Crippen LogP contribution in [0.15, 0.2) is 0 Å². The normalized spacial score (nSPS) is 40.8. The largest absolute Gasteiger partial charge is 3.00 e. The third-order valence-corrected chi connectivity index (χ3v) is 7.81. The van der Waals surface area contributed by atoms with Crippen LogP contribution in [0.5, 0.6) is 0 Å². The molecule has 0 N–H and O–H groups in total. The van der Waals surface area contributed by atoms with Crippen molar-refractivity contribution in [3.05, 3.63) is 6.92 Å². The van der Waals surface area contributed by atoms with Gasteiger partial charge in [-0.05, 0) is 42.4 Å². The summed E-state index contributed by atoms with van der Waals surface area (Å²) in [5, 5.41) is 0. The van der Waals surface area contributed by atoms with Crippen LogP contribution in [0.2, 0.25) is 0 Å². The molecule has 0 bridgehead atoms. The molecule has 0 aliphatic heterocycles. The Morgan fingerprint density at radius 2 is 0.833 bits per heavy atom. The first-order valence-electron chi connectivity index (χ1n) is 11.1. The minimum absolute atomic E-state index is 0. The summed E-state index contributed by atoms with van der Waals surface area (Å²) in [6.45, 7) is 6.64. The maximum Gasteiger partial charge on any atom is 3.00 e. The van der Waals surface area contributed by atoms with Crippen molar-refractivity contribution in [2.75, 3.05) is 0 Å². The van der Waals surface area contributed by atoms with Gasteiger partial charge in [0.25, 0.3) is 0 Å².